The number of aromatic carboxylic acids is 1. The van der Waals surface area contributed by atoms with Crippen LogP contribution in [0.25, 0.3) is 0 Å². The standard InChI is InChI=1S/C17H20N4O3S/c22-16(23)13-11-25-15(20-13)6-8-19-17(24)21-9-2-1-5-14(21)12-4-3-7-18-10-12/h3-4,7,10-11,14H,1-2,5-6,8-9H2,(H,19,24)(H,22,23). The van der Waals surface area contributed by atoms with Crippen molar-refractivity contribution in [2.75, 3.05) is 13.1 Å². The fraction of sp³-hybridized carbons (Fsp3) is 0.412. The van der Waals surface area contributed by atoms with Crippen LogP contribution in [0.4, 0.5) is 4.79 Å². The Morgan fingerprint density at radius 2 is 2.28 bits per heavy atom. The molecule has 0 aromatic carbocycles. The van der Waals surface area contributed by atoms with E-state index in [0.29, 0.717) is 18.0 Å². The van der Waals surface area contributed by atoms with E-state index in [1.807, 2.05) is 23.2 Å². The first-order valence-corrected chi connectivity index (χ1v) is 9.15. The van der Waals surface area contributed by atoms with Gasteiger partial charge in [-0.25, -0.2) is 14.6 Å². The third-order valence-electron chi connectivity index (χ3n) is 4.22. The Balaban J connectivity index is 1.56. The zero-order chi connectivity index (χ0) is 17.6. The summed E-state index contributed by atoms with van der Waals surface area (Å²) >= 11 is 1.30. The molecule has 0 radical (unpaired) electrons. The number of carboxylic acids is 1. The van der Waals surface area contributed by atoms with Gasteiger partial charge in [0.1, 0.15) is 0 Å². The number of hydrogen-bond donors (Lipinski definition) is 2. The number of nitrogens with one attached hydrogen (secondary N) is 1. The van der Waals surface area contributed by atoms with E-state index in [1.54, 1.807) is 6.20 Å². The molecular weight excluding hydrogens is 340 g/mol. The number of hydrogen-bond acceptors (Lipinski definition) is 5. The molecule has 1 fully saturated rings. The van der Waals surface area contributed by atoms with Crippen LogP contribution in [0.2, 0.25) is 0 Å². The Morgan fingerprint density at radius 1 is 1.40 bits per heavy atom. The van der Waals surface area contributed by atoms with Gasteiger partial charge in [0.2, 0.25) is 0 Å². The summed E-state index contributed by atoms with van der Waals surface area (Å²) in [5.41, 5.74) is 1.11. The summed E-state index contributed by atoms with van der Waals surface area (Å²) in [6, 6.07) is 3.86. The number of amides is 2. The van der Waals surface area contributed by atoms with Crippen molar-refractivity contribution in [1.29, 1.82) is 0 Å². The van der Waals surface area contributed by atoms with Crippen LogP contribution in [0.3, 0.4) is 0 Å². The smallest absolute Gasteiger partial charge is 0.355 e. The maximum absolute atomic E-state index is 12.6. The van der Waals surface area contributed by atoms with Gasteiger partial charge in [0, 0.05) is 37.3 Å². The van der Waals surface area contributed by atoms with Gasteiger partial charge in [-0.2, -0.15) is 0 Å². The van der Waals surface area contributed by atoms with E-state index in [0.717, 1.165) is 31.4 Å². The number of likely N-dealkylation sites (tertiary alicyclic amines) is 1. The number of pyridine rings is 1. The second kappa shape index (κ2) is 8.06. The summed E-state index contributed by atoms with van der Waals surface area (Å²) in [7, 11) is 0. The monoisotopic (exact) mass is 360 g/mol. The first kappa shape index (κ1) is 17.3. The summed E-state index contributed by atoms with van der Waals surface area (Å²) in [4.78, 5) is 33.5. The van der Waals surface area contributed by atoms with E-state index in [2.05, 4.69) is 15.3 Å². The van der Waals surface area contributed by atoms with Gasteiger partial charge in [-0.05, 0) is 30.9 Å². The molecule has 1 unspecified atom stereocenters. The van der Waals surface area contributed by atoms with Crippen LogP contribution in [0.1, 0.15) is 46.4 Å². The molecule has 8 heteroatoms. The lowest BCUT2D eigenvalue weighted by atomic mass is 9.97. The van der Waals surface area contributed by atoms with Gasteiger partial charge in [-0.1, -0.05) is 6.07 Å². The molecule has 0 aliphatic carbocycles. The minimum Gasteiger partial charge on any atom is -0.476 e. The average molecular weight is 360 g/mol. The van der Waals surface area contributed by atoms with Gasteiger partial charge in [0.05, 0.1) is 11.0 Å². The number of rotatable bonds is 5. The molecule has 1 saturated heterocycles. The lowest BCUT2D eigenvalue weighted by Crippen LogP contribution is -2.45. The van der Waals surface area contributed by atoms with Crippen LogP contribution in [0, 0.1) is 0 Å². The molecule has 7 nitrogen and oxygen atoms in total. The van der Waals surface area contributed by atoms with E-state index in [1.165, 1.54) is 16.7 Å². The number of carboxylic acid groups (broad SMARTS) is 1. The largest absolute Gasteiger partial charge is 0.476 e. The van der Waals surface area contributed by atoms with Crippen LogP contribution < -0.4 is 5.32 Å². The Kier molecular flexibility index (Phi) is 5.60. The molecule has 132 valence electrons. The summed E-state index contributed by atoms with van der Waals surface area (Å²) in [6.45, 7) is 1.16. The number of urea groups is 1. The Morgan fingerprint density at radius 3 is 3.00 bits per heavy atom. The SMILES string of the molecule is O=C(O)c1csc(CCNC(=O)N2CCCCC2c2cccnc2)n1. The Labute approximate surface area is 149 Å². The molecule has 25 heavy (non-hydrogen) atoms. The first-order valence-electron chi connectivity index (χ1n) is 8.27. The predicted octanol–water partition coefficient (Wildman–Crippen LogP) is 2.72. The van der Waals surface area contributed by atoms with Crippen LogP contribution in [0.5, 0.6) is 0 Å². The van der Waals surface area contributed by atoms with Crippen molar-refractivity contribution >= 4 is 23.3 Å². The molecule has 2 N–H and O–H groups in total. The molecule has 2 aromatic rings. The van der Waals surface area contributed by atoms with Crippen molar-refractivity contribution in [3.8, 4) is 0 Å². The van der Waals surface area contributed by atoms with Gasteiger partial charge in [-0.3, -0.25) is 4.98 Å². The zero-order valence-corrected chi connectivity index (χ0v) is 14.5. The molecule has 3 rings (SSSR count). The third kappa shape index (κ3) is 4.33. The zero-order valence-electron chi connectivity index (χ0n) is 13.7. The van der Waals surface area contributed by atoms with E-state index >= 15 is 0 Å². The maximum atomic E-state index is 12.6. The molecule has 0 spiro atoms. The third-order valence-corrected chi connectivity index (χ3v) is 5.13. The van der Waals surface area contributed by atoms with E-state index in [4.69, 9.17) is 5.11 Å². The summed E-state index contributed by atoms with van der Waals surface area (Å²) in [5, 5.41) is 14.0. The molecule has 1 atom stereocenters. The lowest BCUT2D eigenvalue weighted by Gasteiger charge is -2.35. The number of aromatic nitrogens is 2. The van der Waals surface area contributed by atoms with Crippen LogP contribution >= 0.6 is 11.3 Å². The fourth-order valence-electron chi connectivity index (χ4n) is 3.00. The van der Waals surface area contributed by atoms with Gasteiger partial charge in [-0.15, -0.1) is 11.3 Å². The molecule has 2 aromatic heterocycles. The fourth-order valence-corrected chi connectivity index (χ4v) is 3.77. The summed E-state index contributed by atoms with van der Waals surface area (Å²) in [5.74, 6) is -1.03. The van der Waals surface area contributed by atoms with Crippen molar-refractivity contribution < 1.29 is 14.7 Å². The van der Waals surface area contributed by atoms with Gasteiger partial charge in [0.15, 0.2) is 5.69 Å². The van der Waals surface area contributed by atoms with E-state index in [-0.39, 0.29) is 17.8 Å². The predicted molar refractivity (Wildman–Crippen MR) is 93.7 cm³/mol. The molecular formula is C17H20N4O3S. The van der Waals surface area contributed by atoms with Crippen molar-refractivity contribution in [2.45, 2.75) is 31.7 Å². The molecule has 3 heterocycles. The van der Waals surface area contributed by atoms with Crippen molar-refractivity contribution in [2.24, 2.45) is 0 Å². The topological polar surface area (TPSA) is 95.4 Å². The highest BCUT2D eigenvalue weighted by atomic mass is 32.1. The van der Waals surface area contributed by atoms with Gasteiger partial charge < -0.3 is 15.3 Å². The maximum Gasteiger partial charge on any atom is 0.355 e. The quantitative estimate of drug-likeness (QED) is 0.855. The average Bonchev–Trinajstić information content (AvgIpc) is 3.12. The van der Waals surface area contributed by atoms with Crippen molar-refractivity contribution in [3.63, 3.8) is 0 Å². The van der Waals surface area contributed by atoms with Gasteiger partial charge >= 0.3 is 12.0 Å². The molecule has 2 amide bonds. The minimum atomic E-state index is -1.03. The van der Waals surface area contributed by atoms with Crippen LogP contribution in [-0.2, 0) is 6.42 Å². The molecule has 1 aliphatic rings. The van der Waals surface area contributed by atoms with Gasteiger partial charge in [0.25, 0.3) is 0 Å². The Hall–Kier alpha value is -2.48. The number of carbonyl (C=O) groups excluding carboxylic acids is 1. The molecule has 0 saturated carbocycles. The second-order valence-corrected chi connectivity index (χ2v) is 6.85. The number of carbonyl (C=O) groups is 2. The minimum absolute atomic E-state index is 0.0546. The van der Waals surface area contributed by atoms with Crippen molar-refractivity contribution in [3.05, 3.63) is 46.2 Å². The summed E-state index contributed by atoms with van der Waals surface area (Å²) < 4.78 is 0. The number of thiazole rings is 1. The second-order valence-electron chi connectivity index (χ2n) is 5.90. The highest BCUT2D eigenvalue weighted by Crippen LogP contribution is 2.30. The normalized spacial score (nSPS) is 17.3. The van der Waals surface area contributed by atoms with E-state index in [9.17, 15) is 9.59 Å². The van der Waals surface area contributed by atoms with Crippen molar-refractivity contribution in [1.82, 2.24) is 20.2 Å². The first-order chi connectivity index (χ1) is 12.1. The molecule has 0 bridgehead atoms. The van der Waals surface area contributed by atoms with E-state index < -0.39 is 5.97 Å². The summed E-state index contributed by atoms with van der Waals surface area (Å²) in [6.07, 6.45) is 7.11. The number of piperidine rings is 1. The highest BCUT2D eigenvalue weighted by Gasteiger charge is 2.27. The number of nitrogens with zero attached hydrogens (tertiary/aromatic N) is 3. The van der Waals surface area contributed by atoms with Crippen LogP contribution in [0.15, 0.2) is 29.9 Å². The Bertz CT molecular complexity index is 735. The molecule has 1 aliphatic heterocycles. The highest BCUT2D eigenvalue weighted by molar-refractivity contribution is 7.09. The van der Waals surface area contributed by atoms with Crippen LogP contribution in [-0.4, -0.2) is 45.1 Å². The lowest BCUT2D eigenvalue weighted by molar-refractivity contribution is 0.0691.